The summed E-state index contributed by atoms with van der Waals surface area (Å²) in [5.74, 6) is -0.995. The first kappa shape index (κ1) is 34.5. The highest BCUT2D eigenvalue weighted by molar-refractivity contribution is 6.13. The predicted molar refractivity (Wildman–Crippen MR) is 153 cm³/mol. The smallest absolute Gasteiger partial charge is 0.253 e. The largest absolute Gasteiger partial charge is 0.356 e. The molecule has 0 aliphatic carbocycles. The summed E-state index contributed by atoms with van der Waals surface area (Å²) >= 11 is 0. The number of nitrogens with zero attached hydrogens (tertiary/aromatic N) is 1. The number of nitrogens with one attached hydrogen (secondary N) is 4. The standard InChI is InChI=1S/C29H47N5O6/c1-23(2)29(40)33-21-12-6-8-14-25(36)31-20-11-5-7-13-24(35)30-18-9-3-4-10-19-32-26(37)17-22-34-27(38)15-16-28(34)39/h15-16H,1,3-14,17-22H2,2H3,(H,30,35)(H,31,36)(H,32,37)(H,33,40). The molecule has 11 nitrogen and oxygen atoms in total. The third-order valence-corrected chi connectivity index (χ3v) is 6.37. The van der Waals surface area contributed by atoms with E-state index in [0.717, 1.165) is 69.1 Å². The van der Waals surface area contributed by atoms with Crippen molar-refractivity contribution in [2.24, 2.45) is 0 Å². The first-order valence-corrected chi connectivity index (χ1v) is 14.5. The van der Waals surface area contributed by atoms with Crippen molar-refractivity contribution in [2.45, 2.75) is 90.4 Å². The second-order valence-electron chi connectivity index (χ2n) is 10.0. The van der Waals surface area contributed by atoms with Gasteiger partial charge in [0.2, 0.25) is 23.6 Å². The number of hydrogen-bond acceptors (Lipinski definition) is 6. The van der Waals surface area contributed by atoms with Gasteiger partial charge in [0.1, 0.15) is 0 Å². The molecule has 1 heterocycles. The third kappa shape index (κ3) is 17.2. The second kappa shape index (κ2) is 21.3. The molecule has 0 saturated carbocycles. The van der Waals surface area contributed by atoms with E-state index in [-0.39, 0.29) is 48.4 Å². The minimum atomic E-state index is -0.380. The zero-order valence-electron chi connectivity index (χ0n) is 24.0. The molecule has 1 aliphatic rings. The first-order chi connectivity index (χ1) is 19.2. The summed E-state index contributed by atoms with van der Waals surface area (Å²) in [5, 5.41) is 11.4. The molecule has 40 heavy (non-hydrogen) atoms. The maximum absolute atomic E-state index is 12.0. The van der Waals surface area contributed by atoms with Crippen LogP contribution in [0.4, 0.5) is 0 Å². The lowest BCUT2D eigenvalue weighted by Crippen LogP contribution is -2.34. The van der Waals surface area contributed by atoms with Gasteiger partial charge in [0.05, 0.1) is 0 Å². The van der Waals surface area contributed by atoms with E-state index in [2.05, 4.69) is 27.8 Å². The number of imide groups is 1. The summed E-state index contributed by atoms with van der Waals surface area (Å²) in [6, 6.07) is 0. The number of rotatable bonds is 23. The highest BCUT2D eigenvalue weighted by atomic mass is 16.2. The lowest BCUT2D eigenvalue weighted by atomic mass is 10.1. The fraction of sp³-hybridized carbons (Fsp3) is 0.655. The third-order valence-electron chi connectivity index (χ3n) is 6.37. The average Bonchev–Trinajstić information content (AvgIpc) is 3.24. The zero-order valence-corrected chi connectivity index (χ0v) is 24.0. The van der Waals surface area contributed by atoms with E-state index in [1.165, 1.54) is 12.2 Å². The number of unbranched alkanes of at least 4 members (excludes halogenated alkanes) is 7. The number of carbonyl (C=O) groups excluding carboxylic acids is 6. The molecule has 1 rings (SSSR count). The van der Waals surface area contributed by atoms with Crippen LogP contribution in [0.1, 0.15) is 90.4 Å². The maximum atomic E-state index is 12.0. The van der Waals surface area contributed by atoms with Crippen molar-refractivity contribution in [1.29, 1.82) is 0 Å². The van der Waals surface area contributed by atoms with Crippen LogP contribution in [-0.2, 0) is 28.8 Å². The SMILES string of the molecule is C=C(C)C(=O)NCCCCCC(=O)NCCCCCC(=O)NCCCCCCNC(=O)CCN1C(=O)C=CC1=O. The van der Waals surface area contributed by atoms with Crippen molar-refractivity contribution in [3.63, 3.8) is 0 Å². The molecule has 0 aromatic rings. The van der Waals surface area contributed by atoms with E-state index in [1.807, 2.05) is 0 Å². The maximum Gasteiger partial charge on any atom is 0.253 e. The van der Waals surface area contributed by atoms with Crippen LogP contribution in [0.15, 0.2) is 24.3 Å². The molecule has 0 fully saturated rings. The Kier molecular flexibility index (Phi) is 18.4. The van der Waals surface area contributed by atoms with E-state index >= 15 is 0 Å². The normalized spacial score (nSPS) is 12.4. The van der Waals surface area contributed by atoms with Gasteiger partial charge < -0.3 is 21.3 Å². The summed E-state index contributed by atoms with van der Waals surface area (Å²) in [6.07, 6.45) is 12.1. The second-order valence-corrected chi connectivity index (χ2v) is 10.0. The minimum absolute atomic E-state index is 0.0387. The van der Waals surface area contributed by atoms with Crippen LogP contribution in [0.25, 0.3) is 0 Å². The lowest BCUT2D eigenvalue weighted by molar-refractivity contribution is -0.137. The van der Waals surface area contributed by atoms with Gasteiger partial charge >= 0.3 is 0 Å². The van der Waals surface area contributed by atoms with Crippen LogP contribution in [0.3, 0.4) is 0 Å². The lowest BCUT2D eigenvalue weighted by Gasteiger charge is -2.13. The topological polar surface area (TPSA) is 154 Å². The zero-order chi connectivity index (χ0) is 29.6. The first-order valence-electron chi connectivity index (χ1n) is 14.5. The Labute approximate surface area is 238 Å². The van der Waals surface area contributed by atoms with Crippen molar-refractivity contribution in [3.8, 4) is 0 Å². The van der Waals surface area contributed by atoms with E-state index < -0.39 is 0 Å². The highest BCUT2D eigenvalue weighted by Gasteiger charge is 2.23. The Hall–Kier alpha value is -3.50. The van der Waals surface area contributed by atoms with Gasteiger partial charge in [0.15, 0.2) is 0 Å². The monoisotopic (exact) mass is 561 g/mol. The fourth-order valence-electron chi connectivity index (χ4n) is 3.94. The summed E-state index contributed by atoms with van der Waals surface area (Å²) in [5.41, 5.74) is 0.495. The summed E-state index contributed by atoms with van der Waals surface area (Å²) in [4.78, 5) is 71.0. The van der Waals surface area contributed by atoms with Gasteiger partial charge in [-0.05, 0) is 45.4 Å². The molecule has 0 unspecified atom stereocenters. The Balaban J connectivity index is 1.84. The molecule has 0 bridgehead atoms. The van der Waals surface area contributed by atoms with Crippen molar-refractivity contribution in [3.05, 3.63) is 24.3 Å². The van der Waals surface area contributed by atoms with Gasteiger partial charge in [0.25, 0.3) is 11.8 Å². The highest BCUT2D eigenvalue weighted by Crippen LogP contribution is 2.05. The summed E-state index contributed by atoms with van der Waals surface area (Å²) in [6.45, 7) is 7.73. The Morgan fingerprint density at radius 1 is 0.600 bits per heavy atom. The van der Waals surface area contributed by atoms with Crippen LogP contribution in [-0.4, -0.2) is 73.1 Å². The van der Waals surface area contributed by atoms with Gasteiger partial charge in [-0.2, -0.15) is 0 Å². The van der Waals surface area contributed by atoms with Crippen molar-refractivity contribution < 1.29 is 28.8 Å². The van der Waals surface area contributed by atoms with Gasteiger partial charge in [-0.1, -0.05) is 32.3 Å². The molecule has 0 aromatic heterocycles. The Morgan fingerprint density at radius 3 is 1.40 bits per heavy atom. The van der Waals surface area contributed by atoms with Crippen LogP contribution < -0.4 is 21.3 Å². The van der Waals surface area contributed by atoms with Crippen LogP contribution in [0.2, 0.25) is 0 Å². The van der Waals surface area contributed by atoms with Gasteiger partial charge in [-0.15, -0.1) is 0 Å². The summed E-state index contributed by atoms with van der Waals surface area (Å²) < 4.78 is 0. The fourth-order valence-corrected chi connectivity index (χ4v) is 3.94. The van der Waals surface area contributed by atoms with E-state index in [1.54, 1.807) is 6.92 Å². The quantitative estimate of drug-likeness (QED) is 0.0850. The molecule has 0 radical (unpaired) electrons. The molecule has 11 heteroatoms. The molecular formula is C29H47N5O6. The molecule has 6 amide bonds. The molecule has 0 aromatic carbocycles. The molecule has 1 aliphatic heterocycles. The number of amides is 6. The minimum Gasteiger partial charge on any atom is -0.356 e. The molecule has 4 N–H and O–H groups in total. The van der Waals surface area contributed by atoms with E-state index in [4.69, 9.17) is 0 Å². The molecule has 0 spiro atoms. The van der Waals surface area contributed by atoms with Crippen molar-refractivity contribution >= 4 is 35.4 Å². The van der Waals surface area contributed by atoms with Crippen LogP contribution in [0, 0.1) is 0 Å². The summed E-state index contributed by atoms with van der Waals surface area (Å²) in [7, 11) is 0. The number of carbonyl (C=O) groups is 6. The molecule has 224 valence electrons. The van der Waals surface area contributed by atoms with Gasteiger partial charge in [-0.25, -0.2) is 0 Å². The Bertz CT molecular complexity index is 883. The van der Waals surface area contributed by atoms with Crippen LogP contribution in [0.5, 0.6) is 0 Å². The Morgan fingerprint density at radius 2 is 0.975 bits per heavy atom. The van der Waals surface area contributed by atoms with Crippen LogP contribution >= 0.6 is 0 Å². The molecule has 0 atom stereocenters. The van der Waals surface area contributed by atoms with Crippen molar-refractivity contribution in [2.75, 3.05) is 32.7 Å². The van der Waals surface area contributed by atoms with E-state index in [9.17, 15) is 28.8 Å². The molecule has 0 saturated heterocycles. The van der Waals surface area contributed by atoms with E-state index in [0.29, 0.717) is 44.6 Å². The van der Waals surface area contributed by atoms with Crippen molar-refractivity contribution in [1.82, 2.24) is 26.2 Å². The molecular weight excluding hydrogens is 514 g/mol. The average molecular weight is 562 g/mol. The van der Waals surface area contributed by atoms with Gasteiger partial charge in [-0.3, -0.25) is 33.7 Å². The van der Waals surface area contributed by atoms with Gasteiger partial charge in [0, 0.05) is 69.7 Å². The number of hydrogen-bond donors (Lipinski definition) is 4. The predicted octanol–water partition coefficient (Wildman–Crippen LogP) is 2.02.